The smallest absolute Gasteiger partial charge is 0.233 e. The van der Waals surface area contributed by atoms with Crippen molar-refractivity contribution >= 4 is 5.91 Å². The predicted octanol–water partition coefficient (Wildman–Crippen LogP) is 3.03. The number of aromatic nitrogens is 2. The fourth-order valence-corrected chi connectivity index (χ4v) is 3.64. The first kappa shape index (κ1) is 15.7. The summed E-state index contributed by atoms with van der Waals surface area (Å²) in [5.74, 6) is -0.150. The molecule has 1 heterocycles. The minimum absolute atomic E-state index is 0.116. The van der Waals surface area contributed by atoms with E-state index in [2.05, 4.69) is 5.10 Å². The molecule has 0 aliphatic heterocycles. The number of nitrogens with zero attached hydrogens (tertiary/aromatic N) is 3. The molecule has 0 unspecified atom stereocenters. The average Bonchev–Trinajstić information content (AvgIpc) is 3.17. The van der Waals surface area contributed by atoms with E-state index in [4.69, 9.17) is 0 Å². The van der Waals surface area contributed by atoms with Crippen molar-refractivity contribution in [1.82, 2.24) is 14.7 Å². The Hall–Kier alpha value is -2.17. The lowest BCUT2D eigenvalue weighted by Crippen LogP contribution is -2.43. The van der Waals surface area contributed by atoms with Crippen LogP contribution in [0.4, 0.5) is 4.39 Å². The van der Waals surface area contributed by atoms with E-state index >= 15 is 0 Å². The maximum absolute atomic E-state index is 13.2. The third-order valence-corrected chi connectivity index (χ3v) is 4.79. The lowest BCUT2D eigenvalue weighted by molar-refractivity contribution is -0.136. The van der Waals surface area contributed by atoms with Gasteiger partial charge >= 0.3 is 0 Å². The standard InChI is InChI=1S/C18H22FN3O/c1-21(12-14-11-20-22(2)13-14)17(23)18(9-3-4-10-18)15-5-7-16(19)8-6-15/h5-8,11,13H,3-4,9-10,12H2,1-2H3. The van der Waals surface area contributed by atoms with Crippen LogP contribution >= 0.6 is 0 Å². The van der Waals surface area contributed by atoms with Crippen LogP contribution in [-0.4, -0.2) is 27.6 Å². The first-order valence-electron chi connectivity index (χ1n) is 8.00. The number of hydrogen-bond acceptors (Lipinski definition) is 2. The molecule has 1 aliphatic rings. The summed E-state index contributed by atoms with van der Waals surface area (Å²) in [4.78, 5) is 14.9. The molecule has 0 N–H and O–H groups in total. The number of hydrogen-bond donors (Lipinski definition) is 0. The third-order valence-electron chi connectivity index (χ3n) is 4.79. The van der Waals surface area contributed by atoms with E-state index in [0.717, 1.165) is 36.8 Å². The summed E-state index contributed by atoms with van der Waals surface area (Å²) in [6.45, 7) is 0.537. The molecule has 0 bridgehead atoms. The van der Waals surface area contributed by atoms with Crippen LogP contribution < -0.4 is 0 Å². The van der Waals surface area contributed by atoms with Crippen LogP contribution in [0.2, 0.25) is 0 Å². The van der Waals surface area contributed by atoms with Gasteiger partial charge in [0.15, 0.2) is 0 Å². The Morgan fingerprint density at radius 3 is 2.52 bits per heavy atom. The summed E-state index contributed by atoms with van der Waals surface area (Å²) >= 11 is 0. The molecule has 2 aromatic rings. The Kier molecular flexibility index (Phi) is 4.20. The van der Waals surface area contributed by atoms with Gasteiger partial charge in [-0.1, -0.05) is 25.0 Å². The second-order valence-electron chi connectivity index (χ2n) is 6.48. The molecule has 1 aromatic heterocycles. The van der Waals surface area contributed by atoms with Crippen molar-refractivity contribution in [3.63, 3.8) is 0 Å². The molecule has 0 radical (unpaired) electrons. The summed E-state index contributed by atoms with van der Waals surface area (Å²) in [5, 5.41) is 4.15. The van der Waals surface area contributed by atoms with Crippen LogP contribution in [0, 0.1) is 5.82 Å². The molecule has 3 rings (SSSR count). The predicted molar refractivity (Wildman–Crippen MR) is 86.2 cm³/mol. The molecule has 122 valence electrons. The summed E-state index contributed by atoms with van der Waals surface area (Å²) in [5.41, 5.74) is 1.43. The Bertz CT molecular complexity index is 687. The summed E-state index contributed by atoms with van der Waals surface area (Å²) in [6, 6.07) is 6.42. The van der Waals surface area contributed by atoms with Gasteiger partial charge in [-0.2, -0.15) is 5.10 Å². The molecular weight excluding hydrogens is 293 g/mol. The van der Waals surface area contributed by atoms with Gasteiger partial charge in [0.25, 0.3) is 0 Å². The van der Waals surface area contributed by atoms with Gasteiger partial charge in [-0.05, 0) is 30.5 Å². The maximum atomic E-state index is 13.2. The van der Waals surface area contributed by atoms with Crippen LogP contribution in [0.15, 0.2) is 36.7 Å². The van der Waals surface area contributed by atoms with Crippen LogP contribution in [-0.2, 0) is 23.8 Å². The molecule has 0 atom stereocenters. The van der Waals surface area contributed by atoms with Crippen molar-refractivity contribution in [3.8, 4) is 0 Å². The first-order valence-corrected chi connectivity index (χ1v) is 8.00. The molecule has 5 heteroatoms. The Labute approximate surface area is 135 Å². The lowest BCUT2D eigenvalue weighted by Gasteiger charge is -2.33. The highest BCUT2D eigenvalue weighted by Gasteiger charge is 2.44. The van der Waals surface area contributed by atoms with Crippen LogP contribution in [0.5, 0.6) is 0 Å². The highest BCUT2D eigenvalue weighted by Crippen LogP contribution is 2.42. The number of carbonyl (C=O) groups excluding carboxylic acids is 1. The molecule has 1 amide bonds. The lowest BCUT2D eigenvalue weighted by atomic mass is 9.77. The minimum atomic E-state index is -0.509. The van der Waals surface area contributed by atoms with Gasteiger partial charge in [0.05, 0.1) is 11.6 Å². The Morgan fingerprint density at radius 2 is 1.96 bits per heavy atom. The molecule has 1 saturated carbocycles. The van der Waals surface area contributed by atoms with Crippen molar-refractivity contribution in [2.45, 2.75) is 37.6 Å². The normalized spacial score (nSPS) is 16.5. The Morgan fingerprint density at radius 1 is 1.30 bits per heavy atom. The number of likely N-dealkylation sites (N-methyl/N-ethyl adjacent to an activating group) is 1. The van der Waals surface area contributed by atoms with Crippen molar-refractivity contribution in [2.24, 2.45) is 7.05 Å². The minimum Gasteiger partial charge on any atom is -0.341 e. The molecular formula is C18H22FN3O. The number of halogens is 1. The molecule has 0 spiro atoms. The van der Waals surface area contributed by atoms with Crippen LogP contribution in [0.3, 0.4) is 0 Å². The van der Waals surface area contributed by atoms with Gasteiger partial charge in [0.2, 0.25) is 5.91 Å². The van der Waals surface area contributed by atoms with Crippen LogP contribution in [0.25, 0.3) is 0 Å². The van der Waals surface area contributed by atoms with Gasteiger partial charge in [-0.3, -0.25) is 9.48 Å². The van der Waals surface area contributed by atoms with Gasteiger partial charge in [-0.15, -0.1) is 0 Å². The van der Waals surface area contributed by atoms with E-state index in [0.29, 0.717) is 6.54 Å². The average molecular weight is 315 g/mol. The highest BCUT2D eigenvalue weighted by atomic mass is 19.1. The topological polar surface area (TPSA) is 38.1 Å². The Balaban J connectivity index is 1.85. The third kappa shape index (κ3) is 3.00. The molecule has 23 heavy (non-hydrogen) atoms. The quantitative estimate of drug-likeness (QED) is 0.870. The zero-order valence-electron chi connectivity index (χ0n) is 13.6. The fourth-order valence-electron chi connectivity index (χ4n) is 3.64. The van der Waals surface area contributed by atoms with E-state index in [1.807, 2.05) is 20.3 Å². The number of rotatable bonds is 4. The van der Waals surface area contributed by atoms with E-state index in [-0.39, 0.29) is 11.7 Å². The second-order valence-corrected chi connectivity index (χ2v) is 6.48. The molecule has 4 nitrogen and oxygen atoms in total. The van der Waals surface area contributed by atoms with Gasteiger partial charge < -0.3 is 4.90 Å². The zero-order valence-corrected chi connectivity index (χ0v) is 13.6. The number of aryl methyl sites for hydroxylation is 1. The van der Waals surface area contributed by atoms with Crippen molar-refractivity contribution < 1.29 is 9.18 Å². The van der Waals surface area contributed by atoms with E-state index in [9.17, 15) is 9.18 Å². The molecule has 1 aliphatic carbocycles. The SMILES string of the molecule is CN(Cc1cnn(C)c1)C(=O)C1(c2ccc(F)cc2)CCCC1. The first-order chi connectivity index (χ1) is 11.0. The monoisotopic (exact) mass is 315 g/mol. The molecule has 1 aromatic carbocycles. The number of amides is 1. The fraction of sp³-hybridized carbons (Fsp3) is 0.444. The maximum Gasteiger partial charge on any atom is 0.233 e. The van der Waals surface area contributed by atoms with Crippen LogP contribution in [0.1, 0.15) is 36.8 Å². The largest absolute Gasteiger partial charge is 0.341 e. The number of carbonyl (C=O) groups is 1. The van der Waals surface area contributed by atoms with Crippen molar-refractivity contribution in [1.29, 1.82) is 0 Å². The highest BCUT2D eigenvalue weighted by molar-refractivity contribution is 5.88. The van der Waals surface area contributed by atoms with E-state index in [1.165, 1.54) is 12.1 Å². The summed E-state index contributed by atoms with van der Waals surface area (Å²) < 4.78 is 15.0. The van der Waals surface area contributed by atoms with Gasteiger partial charge in [-0.25, -0.2) is 4.39 Å². The van der Waals surface area contributed by atoms with Gasteiger partial charge in [0, 0.05) is 32.4 Å². The van der Waals surface area contributed by atoms with Gasteiger partial charge in [0.1, 0.15) is 5.82 Å². The van der Waals surface area contributed by atoms with Crippen molar-refractivity contribution in [3.05, 3.63) is 53.6 Å². The molecule has 1 fully saturated rings. The molecule has 0 saturated heterocycles. The summed E-state index contributed by atoms with van der Waals surface area (Å²) in [7, 11) is 3.70. The van der Waals surface area contributed by atoms with E-state index in [1.54, 1.807) is 27.9 Å². The second kappa shape index (κ2) is 6.14. The summed E-state index contributed by atoms with van der Waals surface area (Å²) in [6.07, 6.45) is 7.42. The van der Waals surface area contributed by atoms with Crippen molar-refractivity contribution in [2.75, 3.05) is 7.05 Å². The number of benzene rings is 1. The zero-order chi connectivity index (χ0) is 16.4. The van der Waals surface area contributed by atoms with E-state index < -0.39 is 5.41 Å².